The van der Waals surface area contributed by atoms with E-state index in [9.17, 15) is 0 Å². The van der Waals surface area contributed by atoms with Crippen LogP contribution in [0.1, 0.15) is 57.7 Å². The molecule has 2 N–H and O–H groups in total. The minimum absolute atomic E-state index is 0. The molecule has 2 fully saturated rings. The lowest BCUT2D eigenvalue weighted by Gasteiger charge is -2.36. The van der Waals surface area contributed by atoms with Gasteiger partial charge in [-0.3, -0.25) is 4.99 Å². The van der Waals surface area contributed by atoms with Crippen molar-refractivity contribution in [2.45, 2.75) is 70.9 Å². The van der Waals surface area contributed by atoms with Crippen molar-refractivity contribution in [3.8, 4) is 0 Å². The summed E-state index contributed by atoms with van der Waals surface area (Å²) in [7, 11) is 1.85. The summed E-state index contributed by atoms with van der Waals surface area (Å²) < 4.78 is 2.10. The molecule has 0 radical (unpaired) electrons. The third-order valence-electron chi connectivity index (χ3n) is 6.05. The second-order valence-electron chi connectivity index (χ2n) is 8.02. The summed E-state index contributed by atoms with van der Waals surface area (Å²) >= 11 is 0. The van der Waals surface area contributed by atoms with Crippen molar-refractivity contribution in [1.82, 2.24) is 30.3 Å². The summed E-state index contributed by atoms with van der Waals surface area (Å²) in [5, 5.41) is 15.2. The largest absolute Gasteiger partial charge is 0.355 e. The summed E-state index contributed by atoms with van der Waals surface area (Å²) in [6, 6.07) is 0.528. The number of nitrogens with one attached hydrogen (secondary N) is 2. The minimum atomic E-state index is 0. The minimum Gasteiger partial charge on any atom is -0.355 e. The molecule has 0 spiro atoms. The van der Waals surface area contributed by atoms with E-state index in [1.807, 2.05) is 7.05 Å². The summed E-state index contributed by atoms with van der Waals surface area (Å²) in [5.74, 6) is 2.89. The SMILES string of the molecule is CCc1nncn1CCNC(=NC)NC1CCN(CC2CCCCC2)CC1.I. The number of aliphatic imine (C=N–C) groups is 1. The molecule has 0 amide bonds. The van der Waals surface area contributed by atoms with Gasteiger partial charge in [0.2, 0.25) is 0 Å². The Bertz CT molecular complexity index is 575. The summed E-state index contributed by atoms with van der Waals surface area (Å²) in [4.78, 5) is 7.08. The lowest BCUT2D eigenvalue weighted by Crippen LogP contribution is -2.49. The van der Waals surface area contributed by atoms with Gasteiger partial charge in [-0.1, -0.05) is 26.2 Å². The zero-order valence-electron chi connectivity index (χ0n) is 17.6. The Morgan fingerprint density at radius 1 is 1.18 bits per heavy atom. The number of halogens is 1. The van der Waals surface area contributed by atoms with E-state index in [2.05, 4.69) is 42.2 Å². The fraction of sp³-hybridized carbons (Fsp3) is 0.850. The zero-order valence-corrected chi connectivity index (χ0v) is 19.9. The highest BCUT2D eigenvalue weighted by molar-refractivity contribution is 14.0. The lowest BCUT2D eigenvalue weighted by atomic mass is 9.88. The number of hydrogen-bond acceptors (Lipinski definition) is 4. The molecule has 1 aromatic heterocycles. The molecule has 2 aliphatic rings. The molecule has 7 nitrogen and oxygen atoms in total. The van der Waals surface area contributed by atoms with Crippen molar-refractivity contribution in [2.75, 3.05) is 33.2 Å². The van der Waals surface area contributed by atoms with Crippen LogP contribution in [0.4, 0.5) is 0 Å². The van der Waals surface area contributed by atoms with E-state index >= 15 is 0 Å². The van der Waals surface area contributed by atoms with Gasteiger partial charge in [-0.05, 0) is 31.6 Å². The van der Waals surface area contributed by atoms with Crippen LogP contribution in [-0.4, -0.2) is 64.9 Å². The van der Waals surface area contributed by atoms with Crippen LogP contribution in [0.25, 0.3) is 0 Å². The standard InChI is InChI=1S/C20H37N7.HI/c1-3-19-25-23-16-27(19)14-11-22-20(21-2)24-18-9-12-26(13-10-18)15-17-7-5-4-6-8-17;/h16-18H,3-15H2,1-2H3,(H2,21,22,24);1H. The smallest absolute Gasteiger partial charge is 0.191 e. The second-order valence-corrected chi connectivity index (χ2v) is 8.02. The molecule has 1 aliphatic heterocycles. The maximum atomic E-state index is 4.40. The molecule has 1 aliphatic carbocycles. The molecule has 8 heteroatoms. The molecule has 0 unspecified atom stereocenters. The third-order valence-corrected chi connectivity index (χ3v) is 6.05. The van der Waals surface area contributed by atoms with Crippen LogP contribution in [0.3, 0.4) is 0 Å². The van der Waals surface area contributed by atoms with E-state index in [-0.39, 0.29) is 24.0 Å². The van der Waals surface area contributed by atoms with Crippen LogP contribution in [0, 0.1) is 5.92 Å². The van der Waals surface area contributed by atoms with Gasteiger partial charge in [-0.2, -0.15) is 0 Å². The maximum Gasteiger partial charge on any atom is 0.191 e. The first-order valence-corrected chi connectivity index (χ1v) is 10.8. The van der Waals surface area contributed by atoms with Crippen molar-refractivity contribution in [1.29, 1.82) is 0 Å². The highest BCUT2D eigenvalue weighted by Gasteiger charge is 2.23. The monoisotopic (exact) mass is 503 g/mol. The Morgan fingerprint density at radius 3 is 2.61 bits per heavy atom. The molecular formula is C20H38IN7. The second kappa shape index (κ2) is 12.6. The zero-order chi connectivity index (χ0) is 18.9. The fourth-order valence-electron chi connectivity index (χ4n) is 4.42. The van der Waals surface area contributed by atoms with E-state index in [4.69, 9.17) is 0 Å². The van der Waals surface area contributed by atoms with Crippen LogP contribution in [0.2, 0.25) is 0 Å². The molecule has 160 valence electrons. The van der Waals surface area contributed by atoms with Crippen LogP contribution >= 0.6 is 24.0 Å². The molecule has 0 aromatic carbocycles. The van der Waals surface area contributed by atoms with Crippen LogP contribution in [0.15, 0.2) is 11.3 Å². The lowest BCUT2D eigenvalue weighted by molar-refractivity contribution is 0.160. The number of aryl methyl sites for hydroxylation is 1. The molecule has 2 heterocycles. The van der Waals surface area contributed by atoms with Crippen molar-refractivity contribution in [3.63, 3.8) is 0 Å². The molecule has 0 bridgehead atoms. The van der Waals surface area contributed by atoms with Gasteiger partial charge < -0.3 is 20.1 Å². The van der Waals surface area contributed by atoms with E-state index in [1.54, 1.807) is 6.33 Å². The van der Waals surface area contributed by atoms with Crippen LogP contribution in [-0.2, 0) is 13.0 Å². The number of likely N-dealkylation sites (tertiary alicyclic amines) is 1. The van der Waals surface area contributed by atoms with Gasteiger partial charge in [0.25, 0.3) is 0 Å². The van der Waals surface area contributed by atoms with E-state index in [0.717, 1.165) is 37.2 Å². The Hall–Kier alpha value is -0.900. The topological polar surface area (TPSA) is 70.4 Å². The van der Waals surface area contributed by atoms with Gasteiger partial charge in [0.05, 0.1) is 0 Å². The van der Waals surface area contributed by atoms with Crippen LogP contribution < -0.4 is 10.6 Å². The van der Waals surface area contributed by atoms with Gasteiger partial charge >= 0.3 is 0 Å². The maximum absolute atomic E-state index is 4.40. The normalized spacial score (nSPS) is 20.0. The average molecular weight is 503 g/mol. The quantitative estimate of drug-likeness (QED) is 0.340. The van der Waals surface area contributed by atoms with Crippen molar-refractivity contribution in [2.24, 2.45) is 10.9 Å². The van der Waals surface area contributed by atoms with Gasteiger partial charge in [-0.25, -0.2) is 0 Å². The third kappa shape index (κ3) is 7.17. The molecule has 1 aromatic rings. The Balaban J connectivity index is 0.00000280. The fourth-order valence-corrected chi connectivity index (χ4v) is 4.42. The molecular weight excluding hydrogens is 465 g/mol. The molecule has 0 atom stereocenters. The molecule has 1 saturated heterocycles. The first-order valence-electron chi connectivity index (χ1n) is 10.8. The number of aromatic nitrogens is 3. The van der Waals surface area contributed by atoms with Crippen molar-refractivity contribution >= 4 is 29.9 Å². The number of piperidine rings is 1. The van der Waals surface area contributed by atoms with Gasteiger partial charge in [-0.15, -0.1) is 34.2 Å². The van der Waals surface area contributed by atoms with Crippen molar-refractivity contribution < 1.29 is 0 Å². The molecule has 28 heavy (non-hydrogen) atoms. The molecule has 3 rings (SSSR count). The summed E-state index contributed by atoms with van der Waals surface area (Å²) in [5.41, 5.74) is 0. The average Bonchev–Trinajstić information content (AvgIpc) is 3.17. The first kappa shape index (κ1) is 23.4. The highest BCUT2D eigenvalue weighted by Crippen LogP contribution is 2.25. The molecule has 1 saturated carbocycles. The summed E-state index contributed by atoms with van der Waals surface area (Å²) in [6.07, 6.45) is 12.4. The van der Waals surface area contributed by atoms with E-state index < -0.39 is 0 Å². The number of nitrogens with zero attached hydrogens (tertiary/aromatic N) is 5. The Morgan fingerprint density at radius 2 is 1.93 bits per heavy atom. The van der Waals surface area contributed by atoms with Gasteiger partial charge in [0, 0.05) is 52.2 Å². The van der Waals surface area contributed by atoms with Gasteiger partial charge in [0.1, 0.15) is 12.2 Å². The van der Waals surface area contributed by atoms with Gasteiger partial charge in [0.15, 0.2) is 5.96 Å². The highest BCUT2D eigenvalue weighted by atomic mass is 127. The van der Waals surface area contributed by atoms with Crippen molar-refractivity contribution in [3.05, 3.63) is 12.2 Å². The van der Waals surface area contributed by atoms with E-state index in [1.165, 1.54) is 64.6 Å². The number of rotatable bonds is 7. The Kier molecular flexibility index (Phi) is 10.5. The summed E-state index contributed by atoms with van der Waals surface area (Å²) in [6.45, 7) is 7.53. The van der Waals surface area contributed by atoms with Crippen LogP contribution in [0.5, 0.6) is 0 Å². The number of guanidine groups is 1. The number of hydrogen-bond donors (Lipinski definition) is 2. The first-order chi connectivity index (χ1) is 13.3. The van der Waals surface area contributed by atoms with E-state index in [0.29, 0.717) is 6.04 Å². The Labute approximate surface area is 187 Å². The predicted octanol–water partition coefficient (Wildman–Crippen LogP) is 2.67. The predicted molar refractivity (Wildman–Crippen MR) is 125 cm³/mol.